The topological polar surface area (TPSA) is 26.3 Å². The summed E-state index contributed by atoms with van der Waals surface area (Å²) in [6.07, 6.45) is 14.1. The van der Waals surface area contributed by atoms with Crippen LogP contribution in [0.5, 0.6) is 5.75 Å². The van der Waals surface area contributed by atoms with Crippen molar-refractivity contribution in [2.45, 2.75) is 64.2 Å². The lowest BCUT2D eigenvalue weighted by atomic mass is 9.63. The van der Waals surface area contributed by atoms with Crippen LogP contribution in [0.4, 0.5) is 4.39 Å². The molecule has 4 unspecified atom stereocenters. The fourth-order valence-electron chi connectivity index (χ4n) is 5.68. The Balaban J connectivity index is 1.36. The van der Waals surface area contributed by atoms with Gasteiger partial charge in [0, 0.05) is 5.02 Å². The van der Waals surface area contributed by atoms with Crippen molar-refractivity contribution in [1.29, 1.82) is 0 Å². The molecule has 0 bridgehead atoms. The van der Waals surface area contributed by atoms with E-state index in [1.165, 1.54) is 44.6 Å². The van der Waals surface area contributed by atoms with Crippen LogP contribution in [0.15, 0.2) is 54.6 Å². The highest BCUT2D eigenvalue weighted by Gasteiger charge is 2.36. The maximum Gasteiger partial charge on any atom is 0.343 e. The van der Waals surface area contributed by atoms with E-state index in [0.29, 0.717) is 16.7 Å². The van der Waals surface area contributed by atoms with Crippen molar-refractivity contribution in [1.82, 2.24) is 0 Å². The summed E-state index contributed by atoms with van der Waals surface area (Å²) in [4.78, 5) is 12.4. The summed E-state index contributed by atoms with van der Waals surface area (Å²) in [5.74, 6) is 2.15. The van der Waals surface area contributed by atoms with Crippen LogP contribution in [0.2, 0.25) is 5.02 Å². The fourth-order valence-corrected chi connectivity index (χ4v) is 5.81. The van der Waals surface area contributed by atoms with Gasteiger partial charge in [-0.15, -0.1) is 0 Å². The molecule has 2 aliphatic carbocycles. The number of hydrogen-bond acceptors (Lipinski definition) is 2. The minimum atomic E-state index is -0.558. The molecule has 2 nitrogen and oxygen atoms in total. The van der Waals surface area contributed by atoms with E-state index in [9.17, 15) is 4.79 Å². The Morgan fingerprint density at radius 2 is 1.81 bits per heavy atom. The molecule has 2 aromatic carbocycles. The van der Waals surface area contributed by atoms with E-state index in [1.54, 1.807) is 36.4 Å². The molecule has 0 saturated heterocycles. The van der Waals surface area contributed by atoms with Gasteiger partial charge in [-0.2, -0.15) is 0 Å². The second kappa shape index (κ2) is 10.7. The molecule has 0 aromatic heterocycles. The monoisotopic (exact) mass is 454 g/mol. The van der Waals surface area contributed by atoms with Crippen LogP contribution in [0.3, 0.4) is 0 Å². The van der Waals surface area contributed by atoms with Gasteiger partial charge in [-0.3, -0.25) is 0 Å². The molecule has 2 aliphatic rings. The molecule has 4 atom stereocenters. The normalized spacial score (nSPS) is 25.5. The molecule has 2 saturated carbocycles. The van der Waals surface area contributed by atoms with Crippen molar-refractivity contribution in [2.24, 2.45) is 17.8 Å². The summed E-state index contributed by atoms with van der Waals surface area (Å²) in [6, 6.07) is 11.4. The second-order valence-electron chi connectivity index (χ2n) is 9.44. The van der Waals surface area contributed by atoms with Crippen LogP contribution in [-0.2, 0) is 0 Å². The number of benzene rings is 2. The van der Waals surface area contributed by atoms with E-state index < -0.39 is 5.97 Å². The molecule has 0 spiro atoms. The van der Waals surface area contributed by atoms with Crippen molar-refractivity contribution >= 4 is 17.6 Å². The molecule has 0 aliphatic heterocycles. The lowest BCUT2D eigenvalue weighted by Gasteiger charge is -2.42. The van der Waals surface area contributed by atoms with Crippen molar-refractivity contribution in [3.8, 4) is 5.75 Å². The van der Waals surface area contributed by atoms with E-state index in [0.717, 1.165) is 30.2 Å². The average Bonchev–Trinajstić information content (AvgIpc) is 2.80. The highest BCUT2D eigenvalue weighted by Crippen LogP contribution is 2.48. The molecule has 0 heterocycles. The van der Waals surface area contributed by atoms with E-state index >= 15 is 4.39 Å². The van der Waals surface area contributed by atoms with Crippen LogP contribution >= 0.6 is 11.6 Å². The van der Waals surface area contributed by atoms with Crippen molar-refractivity contribution < 1.29 is 13.9 Å². The molecular formula is C28H32ClFO2. The van der Waals surface area contributed by atoms with Crippen molar-refractivity contribution in [3.63, 3.8) is 0 Å². The number of rotatable bonds is 6. The van der Waals surface area contributed by atoms with Crippen LogP contribution in [0.25, 0.3) is 0 Å². The Kier molecular flexibility index (Phi) is 7.67. The summed E-state index contributed by atoms with van der Waals surface area (Å²) in [7, 11) is 0. The van der Waals surface area contributed by atoms with Gasteiger partial charge in [0.15, 0.2) is 0 Å². The highest BCUT2D eigenvalue weighted by molar-refractivity contribution is 6.30. The van der Waals surface area contributed by atoms with Gasteiger partial charge in [0.05, 0.1) is 5.56 Å². The summed E-state index contributed by atoms with van der Waals surface area (Å²) >= 11 is 5.86. The smallest absolute Gasteiger partial charge is 0.343 e. The fraction of sp³-hybridized carbons (Fsp3) is 0.464. The zero-order valence-corrected chi connectivity index (χ0v) is 19.5. The number of fused-ring (bicyclic) bond motifs is 1. The first-order valence-corrected chi connectivity index (χ1v) is 12.3. The van der Waals surface area contributed by atoms with Gasteiger partial charge in [-0.25, -0.2) is 9.18 Å². The SMILES string of the molecule is C/C=C/CCC1CCC2CC(c3ccc(C(=O)Oc4ccc(Cl)cc4)cc3F)CCC2C1. The van der Waals surface area contributed by atoms with Crippen LogP contribution < -0.4 is 4.74 Å². The first-order valence-electron chi connectivity index (χ1n) is 11.9. The number of carbonyl (C=O) groups excluding carboxylic acids is 1. The van der Waals surface area contributed by atoms with Gasteiger partial charge in [0.1, 0.15) is 11.6 Å². The average molecular weight is 455 g/mol. The minimum Gasteiger partial charge on any atom is -0.423 e. The first kappa shape index (κ1) is 23.0. The minimum absolute atomic E-state index is 0.233. The molecule has 170 valence electrons. The molecule has 0 radical (unpaired) electrons. The van der Waals surface area contributed by atoms with Gasteiger partial charge in [0.2, 0.25) is 0 Å². The number of halogens is 2. The third-order valence-corrected chi connectivity index (χ3v) is 7.65. The second-order valence-corrected chi connectivity index (χ2v) is 9.87. The molecular weight excluding hydrogens is 423 g/mol. The van der Waals surface area contributed by atoms with E-state index in [-0.39, 0.29) is 17.3 Å². The Bertz CT molecular complexity index is 952. The standard InChI is InChI=1S/C28H32ClFO2/c1-2-3-4-5-19-6-7-21-17-22(9-8-20(21)16-19)26-15-10-23(18-27(26)30)28(31)32-25-13-11-24(29)12-14-25/h2-3,10-15,18-22H,4-9,16-17H2,1H3/b3-2+. The van der Waals surface area contributed by atoms with Gasteiger partial charge < -0.3 is 4.74 Å². The largest absolute Gasteiger partial charge is 0.423 e. The Hall–Kier alpha value is -2.13. The summed E-state index contributed by atoms with van der Waals surface area (Å²) in [6.45, 7) is 2.09. The lowest BCUT2D eigenvalue weighted by Crippen LogP contribution is -2.30. The Morgan fingerprint density at radius 3 is 2.56 bits per heavy atom. The third-order valence-electron chi connectivity index (χ3n) is 7.40. The molecule has 4 rings (SSSR count). The Labute approximate surface area is 195 Å². The lowest BCUT2D eigenvalue weighted by molar-refractivity contribution is 0.0734. The molecule has 0 amide bonds. The van der Waals surface area contributed by atoms with Crippen LogP contribution in [-0.4, -0.2) is 5.97 Å². The van der Waals surface area contributed by atoms with Crippen molar-refractivity contribution in [2.75, 3.05) is 0 Å². The van der Waals surface area contributed by atoms with Crippen LogP contribution in [0.1, 0.15) is 80.1 Å². The van der Waals surface area contributed by atoms with Gasteiger partial charge in [-0.05, 0) is 118 Å². The predicted molar refractivity (Wildman–Crippen MR) is 128 cm³/mol. The summed E-state index contributed by atoms with van der Waals surface area (Å²) in [5.41, 5.74) is 0.984. The van der Waals surface area contributed by atoms with E-state index in [2.05, 4.69) is 19.1 Å². The van der Waals surface area contributed by atoms with Gasteiger partial charge >= 0.3 is 5.97 Å². The number of esters is 1. The van der Waals surface area contributed by atoms with Gasteiger partial charge in [0.25, 0.3) is 0 Å². The van der Waals surface area contributed by atoms with E-state index in [1.807, 2.05) is 0 Å². The molecule has 2 fully saturated rings. The molecule has 2 aromatic rings. The van der Waals surface area contributed by atoms with E-state index in [4.69, 9.17) is 16.3 Å². The zero-order chi connectivity index (χ0) is 22.5. The van der Waals surface area contributed by atoms with Crippen LogP contribution in [0, 0.1) is 23.6 Å². The quantitative estimate of drug-likeness (QED) is 0.249. The zero-order valence-electron chi connectivity index (χ0n) is 18.7. The number of ether oxygens (including phenoxy) is 1. The van der Waals surface area contributed by atoms with Gasteiger partial charge in [-0.1, -0.05) is 36.2 Å². The first-order chi connectivity index (χ1) is 15.5. The molecule has 0 N–H and O–H groups in total. The predicted octanol–water partition coefficient (Wildman–Crippen LogP) is 8.35. The number of hydrogen-bond donors (Lipinski definition) is 0. The maximum absolute atomic E-state index is 15.0. The maximum atomic E-state index is 15.0. The summed E-state index contributed by atoms with van der Waals surface area (Å²) in [5, 5.41) is 0.567. The third kappa shape index (κ3) is 5.61. The summed E-state index contributed by atoms with van der Waals surface area (Å²) < 4.78 is 20.4. The number of allylic oxidation sites excluding steroid dienone is 2. The Morgan fingerprint density at radius 1 is 1.06 bits per heavy atom. The number of carbonyl (C=O) groups is 1. The highest BCUT2D eigenvalue weighted by atomic mass is 35.5. The molecule has 32 heavy (non-hydrogen) atoms. The molecule has 4 heteroatoms. The van der Waals surface area contributed by atoms with Crippen molar-refractivity contribution in [3.05, 3.63) is 76.6 Å².